The van der Waals surface area contributed by atoms with Gasteiger partial charge in [-0.05, 0) is 39.7 Å². The number of benzene rings is 1. The second-order valence-electron chi connectivity index (χ2n) is 3.26. The Morgan fingerprint density at radius 1 is 1.43 bits per heavy atom. The maximum atomic E-state index is 12.5. The van der Waals surface area contributed by atoms with Gasteiger partial charge < -0.3 is 0 Å². The molecule has 2 nitrogen and oxygen atoms in total. The van der Waals surface area contributed by atoms with Crippen LogP contribution >= 0.6 is 0 Å². The second-order valence-corrected chi connectivity index (χ2v) is 5.91. The Morgan fingerprint density at radius 2 is 1.93 bits per heavy atom. The van der Waals surface area contributed by atoms with Crippen molar-refractivity contribution in [1.82, 2.24) is 0 Å². The van der Waals surface area contributed by atoms with Crippen molar-refractivity contribution in [2.75, 3.05) is 12.0 Å². The fourth-order valence-corrected chi connectivity index (χ4v) is 1.72. The van der Waals surface area contributed by atoms with Crippen molar-refractivity contribution < 1.29 is 13.4 Å². The maximum Gasteiger partial charge on any atom is 0.174 e. The molecule has 0 saturated heterocycles. The number of hydrogen-bond acceptors (Lipinski definition) is 2. The molecule has 0 aliphatic carbocycles. The molecule has 0 amide bonds. The van der Waals surface area contributed by atoms with E-state index >= 15 is 0 Å². The van der Waals surface area contributed by atoms with Crippen LogP contribution in [-0.2, 0) is 9.52 Å². The maximum absolute atomic E-state index is 12.5. The number of hydrogen-bond donors (Lipinski definition) is 0. The van der Waals surface area contributed by atoms with Gasteiger partial charge in [0.25, 0.3) is 0 Å². The highest BCUT2D eigenvalue weighted by Crippen LogP contribution is 2.04. The molecule has 0 aliphatic rings. The first-order valence-electron chi connectivity index (χ1n) is 3.97. The van der Waals surface area contributed by atoms with Gasteiger partial charge in [0.15, 0.2) is 5.78 Å². The van der Waals surface area contributed by atoms with Gasteiger partial charge in [0.2, 0.25) is 0 Å². The molecule has 0 spiro atoms. The molecule has 1 aromatic rings. The lowest BCUT2D eigenvalue weighted by atomic mass is 10.1. The van der Waals surface area contributed by atoms with Crippen LogP contribution in [0.25, 0.3) is 0 Å². The van der Waals surface area contributed by atoms with Crippen LogP contribution in [0, 0.1) is 5.82 Å². The lowest BCUT2D eigenvalue weighted by Gasteiger charge is -2.01. The molecule has 1 rings (SSSR count). The molecular formula is C10H11FO2S. The third-order valence-corrected chi connectivity index (χ3v) is 2.48. The Morgan fingerprint density at radius 3 is 2.36 bits per heavy atom. The van der Waals surface area contributed by atoms with Crippen molar-refractivity contribution in [3.8, 4) is 0 Å². The minimum absolute atomic E-state index is 0.0986. The Kier molecular flexibility index (Phi) is 3.06. The summed E-state index contributed by atoms with van der Waals surface area (Å²) in [7, 11) is -2.32. The van der Waals surface area contributed by atoms with Crippen molar-refractivity contribution in [3.05, 3.63) is 35.6 Å². The molecular weight excluding hydrogens is 203 g/mol. The number of carbonyl (C=O) groups is 1. The summed E-state index contributed by atoms with van der Waals surface area (Å²) in [6, 6.07) is 5.16. The average molecular weight is 214 g/mol. The minimum atomic E-state index is -2.32. The van der Waals surface area contributed by atoms with Crippen LogP contribution in [0.3, 0.4) is 0 Å². The van der Waals surface area contributed by atoms with Crippen LogP contribution in [0.2, 0.25) is 0 Å². The van der Waals surface area contributed by atoms with E-state index in [9.17, 15) is 13.4 Å². The van der Waals surface area contributed by atoms with E-state index in [1.54, 1.807) is 0 Å². The van der Waals surface area contributed by atoms with E-state index in [4.69, 9.17) is 0 Å². The van der Waals surface area contributed by atoms with Crippen LogP contribution in [-0.4, -0.2) is 27.9 Å². The molecule has 14 heavy (non-hydrogen) atoms. The first kappa shape index (κ1) is 10.9. The van der Waals surface area contributed by atoms with Gasteiger partial charge >= 0.3 is 0 Å². The standard InChI is InChI=1S/C10H11FO2S/c1-14(2,13)7-10(12)8-3-5-9(11)6-4-8/h3-6H,1,7H2,2H3. The predicted molar refractivity (Wildman–Crippen MR) is 56.8 cm³/mol. The molecule has 0 heterocycles. The van der Waals surface area contributed by atoms with E-state index in [0.29, 0.717) is 5.56 Å². The summed E-state index contributed by atoms with van der Waals surface area (Å²) < 4.78 is 23.7. The summed E-state index contributed by atoms with van der Waals surface area (Å²) in [6.07, 6.45) is 1.43. The average Bonchev–Trinajstić information content (AvgIpc) is 2.02. The Hall–Kier alpha value is -1.16. The number of carbonyl (C=O) groups excluding carboxylic acids is 1. The summed E-state index contributed by atoms with van der Waals surface area (Å²) in [5, 5.41) is 0. The van der Waals surface area contributed by atoms with Gasteiger partial charge in [-0.2, -0.15) is 0 Å². The quantitative estimate of drug-likeness (QED) is 0.562. The molecule has 0 aromatic heterocycles. The largest absolute Gasteiger partial charge is 0.293 e. The number of ketones is 1. The van der Waals surface area contributed by atoms with Crippen LogP contribution in [0.15, 0.2) is 24.3 Å². The third-order valence-electron chi connectivity index (χ3n) is 1.60. The number of rotatable bonds is 3. The highest BCUT2D eigenvalue weighted by Gasteiger charge is 2.09. The zero-order chi connectivity index (χ0) is 10.8. The molecule has 0 N–H and O–H groups in total. The summed E-state index contributed by atoms with van der Waals surface area (Å²) in [5.41, 5.74) is 0.365. The van der Waals surface area contributed by atoms with E-state index in [1.165, 1.54) is 30.5 Å². The first-order chi connectivity index (χ1) is 6.38. The predicted octanol–water partition coefficient (Wildman–Crippen LogP) is 1.35. The van der Waals surface area contributed by atoms with Gasteiger partial charge in [-0.1, -0.05) is 0 Å². The summed E-state index contributed by atoms with van der Waals surface area (Å²) >= 11 is 0. The Balaban J connectivity index is 2.86. The third kappa shape index (κ3) is 3.30. The normalized spacial score (nSPS) is 14.7. The number of halogens is 1. The van der Waals surface area contributed by atoms with Crippen LogP contribution in [0.5, 0.6) is 0 Å². The van der Waals surface area contributed by atoms with E-state index in [1.807, 2.05) is 0 Å². The molecule has 4 heteroatoms. The van der Waals surface area contributed by atoms with Crippen molar-refractivity contribution >= 4 is 21.2 Å². The van der Waals surface area contributed by atoms with Crippen LogP contribution < -0.4 is 0 Å². The van der Waals surface area contributed by atoms with Crippen LogP contribution in [0.1, 0.15) is 10.4 Å². The SMILES string of the molecule is C=S(C)(=O)CC(=O)c1ccc(F)cc1. The summed E-state index contributed by atoms with van der Waals surface area (Å²) in [5.74, 6) is 2.62. The van der Waals surface area contributed by atoms with Gasteiger partial charge in [0.05, 0.1) is 5.75 Å². The molecule has 76 valence electrons. The van der Waals surface area contributed by atoms with Gasteiger partial charge in [-0.3, -0.25) is 9.00 Å². The summed E-state index contributed by atoms with van der Waals surface area (Å²) in [6.45, 7) is 0. The van der Waals surface area contributed by atoms with Crippen molar-refractivity contribution in [3.63, 3.8) is 0 Å². The minimum Gasteiger partial charge on any atom is -0.293 e. The van der Waals surface area contributed by atoms with Crippen molar-refractivity contribution in [1.29, 1.82) is 0 Å². The first-order valence-corrected chi connectivity index (χ1v) is 6.27. The van der Waals surface area contributed by atoms with E-state index in [2.05, 4.69) is 5.87 Å². The Bertz CT molecular complexity index is 432. The highest BCUT2D eigenvalue weighted by atomic mass is 32.2. The zero-order valence-corrected chi connectivity index (χ0v) is 8.64. The second kappa shape index (κ2) is 3.92. The smallest absolute Gasteiger partial charge is 0.174 e. The Labute approximate surface area is 82.8 Å². The molecule has 0 aliphatic heterocycles. The molecule has 0 bridgehead atoms. The lowest BCUT2D eigenvalue weighted by Crippen LogP contribution is -2.14. The van der Waals surface area contributed by atoms with E-state index < -0.39 is 15.3 Å². The fraction of sp³-hybridized carbons (Fsp3) is 0.200. The van der Waals surface area contributed by atoms with E-state index in [0.717, 1.165) is 0 Å². The van der Waals surface area contributed by atoms with Crippen LogP contribution in [0.4, 0.5) is 4.39 Å². The van der Waals surface area contributed by atoms with Crippen molar-refractivity contribution in [2.24, 2.45) is 0 Å². The molecule has 0 fully saturated rings. The molecule has 0 saturated carbocycles. The fourth-order valence-electron chi connectivity index (χ4n) is 0.996. The van der Waals surface area contributed by atoms with Crippen molar-refractivity contribution in [2.45, 2.75) is 0 Å². The lowest BCUT2D eigenvalue weighted by molar-refractivity contribution is 0.102. The monoisotopic (exact) mass is 214 g/mol. The van der Waals surface area contributed by atoms with E-state index in [-0.39, 0.29) is 11.5 Å². The number of Topliss-reactive ketones (excluding diaryl/α,β-unsaturated/α-hetero) is 1. The molecule has 1 aromatic carbocycles. The molecule has 1 unspecified atom stereocenters. The van der Waals surface area contributed by atoms with Gasteiger partial charge in [-0.25, -0.2) is 4.39 Å². The topological polar surface area (TPSA) is 34.1 Å². The summed E-state index contributed by atoms with van der Waals surface area (Å²) in [4.78, 5) is 11.4. The zero-order valence-electron chi connectivity index (χ0n) is 7.83. The highest BCUT2D eigenvalue weighted by molar-refractivity contribution is 8.00. The van der Waals surface area contributed by atoms with Gasteiger partial charge in [0, 0.05) is 11.8 Å². The van der Waals surface area contributed by atoms with Gasteiger partial charge in [0.1, 0.15) is 5.82 Å². The molecule has 0 radical (unpaired) electrons. The molecule has 1 atom stereocenters. The van der Waals surface area contributed by atoms with Gasteiger partial charge in [-0.15, -0.1) is 0 Å².